The number of hydrogen-bond acceptors (Lipinski definition) is 6. The van der Waals surface area contributed by atoms with Crippen molar-refractivity contribution in [3.63, 3.8) is 0 Å². The molecule has 0 heterocycles. The number of rotatable bonds is 57. The minimum Gasteiger partial charge on any atom is -0.462 e. The van der Waals surface area contributed by atoms with Gasteiger partial charge in [-0.1, -0.05) is 263 Å². The van der Waals surface area contributed by atoms with Crippen molar-refractivity contribution in [1.82, 2.24) is 0 Å². The molecule has 0 amide bonds. The highest BCUT2D eigenvalue weighted by Gasteiger charge is 2.19. The molecule has 0 aliphatic carbocycles. The monoisotopic (exact) mass is 1090 g/mol. The fourth-order valence-electron chi connectivity index (χ4n) is 8.53. The molecule has 6 heteroatoms. The summed E-state index contributed by atoms with van der Waals surface area (Å²) in [6, 6.07) is 0. The molecule has 0 rings (SSSR count). The maximum atomic E-state index is 12.9. The quantitative estimate of drug-likeness (QED) is 0.0261. The standard InChI is InChI=1S/C73H118O6/c1-4-7-10-13-16-19-22-25-28-30-31-32-33-34-35-36-37-38-39-40-41-43-45-48-51-54-57-60-63-66-72(75)78-69-70(68-77-71(74)65-62-59-56-53-50-47-44-27-24-21-18-15-12-9-6-3)79-73(76)67-64-61-58-55-52-49-46-42-29-26-23-20-17-14-11-8-5-2/h7,9-10,12,16,18-19,21,25-29,31-32,34-35,37-38,40-41,44,50,53,70H,4-6,8,11,13-15,17,20,22-24,30,33,36,39,42-43,45-49,51-52,54-69H2,1-3H3/b10-7-,12-9-,19-16-,21-18-,28-25-,29-26-,32-31-,35-34-,38-37-,41-40-,44-27-,53-50-. The van der Waals surface area contributed by atoms with Crippen molar-refractivity contribution >= 4 is 17.9 Å². The smallest absolute Gasteiger partial charge is 0.306 e. The van der Waals surface area contributed by atoms with Crippen LogP contribution in [0.25, 0.3) is 0 Å². The second kappa shape index (κ2) is 65.8. The molecule has 6 nitrogen and oxygen atoms in total. The van der Waals surface area contributed by atoms with E-state index >= 15 is 0 Å². The van der Waals surface area contributed by atoms with Gasteiger partial charge < -0.3 is 14.2 Å². The molecule has 79 heavy (non-hydrogen) atoms. The van der Waals surface area contributed by atoms with Crippen LogP contribution in [0.3, 0.4) is 0 Å². The number of ether oxygens (including phenoxy) is 3. The molecule has 0 aromatic heterocycles. The van der Waals surface area contributed by atoms with Gasteiger partial charge in [0.2, 0.25) is 0 Å². The lowest BCUT2D eigenvalue weighted by Crippen LogP contribution is -2.30. The van der Waals surface area contributed by atoms with Crippen LogP contribution >= 0.6 is 0 Å². The maximum absolute atomic E-state index is 12.9. The van der Waals surface area contributed by atoms with Gasteiger partial charge in [0.25, 0.3) is 0 Å². The van der Waals surface area contributed by atoms with Crippen LogP contribution in [-0.2, 0) is 28.6 Å². The summed E-state index contributed by atoms with van der Waals surface area (Å²) in [6.45, 7) is 6.36. The average Bonchev–Trinajstić information content (AvgIpc) is 3.45. The van der Waals surface area contributed by atoms with Gasteiger partial charge in [0, 0.05) is 19.3 Å². The Morgan fingerprint density at radius 2 is 0.494 bits per heavy atom. The molecule has 0 saturated heterocycles. The van der Waals surface area contributed by atoms with Crippen molar-refractivity contribution in [2.24, 2.45) is 0 Å². The molecule has 0 aliphatic rings. The van der Waals surface area contributed by atoms with Crippen molar-refractivity contribution < 1.29 is 28.6 Å². The van der Waals surface area contributed by atoms with E-state index in [2.05, 4.69) is 167 Å². The second-order valence-electron chi connectivity index (χ2n) is 20.9. The molecule has 0 spiro atoms. The fraction of sp³-hybridized carbons (Fsp3) is 0.630. The van der Waals surface area contributed by atoms with Gasteiger partial charge >= 0.3 is 17.9 Å². The Bertz CT molecular complexity index is 1730. The van der Waals surface area contributed by atoms with E-state index in [0.717, 1.165) is 135 Å². The van der Waals surface area contributed by atoms with Crippen LogP contribution in [-0.4, -0.2) is 37.2 Å². The molecule has 1 atom stereocenters. The van der Waals surface area contributed by atoms with Crippen molar-refractivity contribution in [2.45, 2.75) is 284 Å². The Hall–Kier alpha value is -4.71. The zero-order valence-corrected chi connectivity index (χ0v) is 51.1. The van der Waals surface area contributed by atoms with Crippen LogP contribution in [0.4, 0.5) is 0 Å². The topological polar surface area (TPSA) is 78.9 Å². The minimum absolute atomic E-state index is 0.103. The summed E-state index contributed by atoms with van der Waals surface area (Å²) < 4.78 is 16.9. The largest absolute Gasteiger partial charge is 0.462 e. The highest BCUT2D eigenvalue weighted by molar-refractivity contribution is 5.71. The van der Waals surface area contributed by atoms with E-state index in [1.54, 1.807) is 0 Å². The van der Waals surface area contributed by atoms with E-state index in [1.807, 2.05) is 0 Å². The molecule has 0 radical (unpaired) electrons. The van der Waals surface area contributed by atoms with E-state index in [9.17, 15) is 14.4 Å². The Labute approximate surface area is 487 Å². The third kappa shape index (κ3) is 64.0. The molecule has 0 aromatic rings. The molecule has 446 valence electrons. The normalized spacial score (nSPS) is 13.1. The molecule has 0 aromatic carbocycles. The van der Waals surface area contributed by atoms with Crippen LogP contribution < -0.4 is 0 Å². The zero-order chi connectivity index (χ0) is 57.1. The minimum atomic E-state index is -0.809. The fourth-order valence-corrected chi connectivity index (χ4v) is 8.53. The van der Waals surface area contributed by atoms with E-state index in [4.69, 9.17) is 14.2 Å². The number of hydrogen-bond donors (Lipinski definition) is 0. The number of esters is 3. The molecule has 0 aliphatic heterocycles. The predicted octanol–water partition coefficient (Wildman–Crippen LogP) is 22.3. The summed E-state index contributed by atoms with van der Waals surface area (Å²) in [5.41, 5.74) is 0. The van der Waals surface area contributed by atoms with Crippen LogP contribution in [0.15, 0.2) is 146 Å². The molecular formula is C73H118O6. The predicted molar refractivity (Wildman–Crippen MR) is 343 cm³/mol. The first kappa shape index (κ1) is 74.3. The van der Waals surface area contributed by atoms with Gasteiger partial charge in [0.15, 0.2) is 6.10 Å². The first-order valence-corrected chi connectivity index (χ1v) is 32.3. The SMILES string of the molecule is CC/C=C\C/C=C\C/C=C\C/C=C\C/C=C\C/C=C\C/C=C\CCCCCCCCCC(=O)OCC(COC(=O)CCCC/C=C\C/C=C\C/C=C\C/C=C\CC)OC(=O)CCCCCCCCC/C=C\CCCCCCCC. The van der Waals surface area contributed by atoms with Gasteiger partial charge in [-0.2, -0.15) is 0 Å². The number of unbranched alkanes of at least 4 members (excludes halogenated alkanes) is 22. The van der Waals surface area contributed by atoms with Gasteiger partial charge in [-0.15, -0.1) is 0 Å². The number of allylic oxidation sites excluding steroid dienone is 24. The number of carbonyl (C=O) groups is 3. The first-order chi connectivity index (χ1) is 39.0. The summed E-state index contributed by atoms with van der Waals surface area (Å²) in [7, 11) is 0. The lowest BCUT2D eigenvalue weighted by atomic mass is 10.1. The van der Waals surface area contributed by atoms with Crippen LogP contribution in [0, 0.1) is 0 Å². The van der Waals surface area contributed by atoms with Crippen LogP contribution in [0.1, 0.15) is 278 Å². The van der Waals surface area contributed by atoms with Crippen LogP contribution in [0.5, 0.6) is 0 Å². The summed E-state index contributed by atoms with van der Waals surface area (Å²) in [5, 5.41) is 0. The molecule has 0 N–H and O–H groups in total. The maximum Gasteiger partial charge on any atom is 0.306 e. The van der Waals surface area contributed by atoms with E-state index in [1.165, 1.54) is 103 Å². The lowest BCUT2D eigenvalue weighted by molar-refractivity contribution is -0.167. The van der Waals surface area contributed by atoms with Gasteiger partial charge in [-0.05, 0) is 141 Å². The summed E-state index contributed by atoms with van der Waals surface area (Å²) in [4.78, 5) is 38.3. The van der Waals surface area contributed by atoms with Gasteiger partial charge in [0.1, 0.15) is 13.2 Å². The Balaban J connectivity index is 4.41. The van der Waals surface area contributed by atoms with Gasteiger partial charge in [0.05, 0.1) is 0 Å². The van der Waals surface area contributed by atoms with E-state index in [0.29, 0.717) is 19.3 Å². The summed E-state index contributed by atoms with van der Waals surface area (Å²) in [5.74, 6) is -0.960. The summed E-state index contributed by atoms with van der Waals surface area (Å²) in [6.07, 6.45) is 94.2. The first-order valence-electron chi connectivity index (χ1n) is 32.3. The Morgan fingerprint density at radius 1 is 0.266 bits per heavy atom. The highest BCUT2D eigenvalue weighted by atomic mass is 16.6. The summed E-state index contributed by atoms with van der Waals surface area (Å²) >= 11 is 0. The van der Waals surface area contributed by atoms with Gasteiger partial charge in [-0.25, -0.2) is 0 Å². The third-order valence-corrected chi connectivity index (χ3v) is 13.3. The highest BCUT2D eigenvalue weighted by Crippen LogP contribution is 2.15. The number of carbonyl (C=O) groups excluding carboxylic acids is 3. The van der Waals surface area contributed by atoms with Crippen molar-refractivity contribution in [3.8, 4) is 0 Å². The Kier molecular flexibility index (Phi) is 61.9. The lowest BCUT2D eigenvalue weighted by Gasteiger charge is -2.18. The van der Waals surface area contributed by atoms with E-state index in [-0.39, 0.29) is 31.1 Å². The molecule has 0 bridgehead atoms. The van der Waals surface area contributed by atoms with Crippen molar-refractivity contribution in [1.29, 1.82) is 0 Å². The molecular weight excluding hydrogens is 973 g/mol. The van der Waals surface area contributed by atoms with Crippen molar-refractivity contribution in [3.05, 3.63) is 146 Å². The van der Waals surface area contributed by atoms with Gasteiger partial charge in [-0.3, -0.25) is 14.4 Å². The third-order valence-electron chi connectivity index (χ3n) is 13.3. The molecule has 1 unspecified atom stereocenters. The molecule has 0 fully saturated rings. The average molecular weight is 1090 g/mol. The zero-order valence-electron chi connectivity index (χ0n) is 51.1. The van der Waals surface area contributed by atoms with Crippen molar-refractivity contribution in [2.75, 3.05) is 13.2 Å². The Morgan fingerprint density at radius 3 is 0.810 bits per heavy atom. The van der Waals surface area contributed by atoms with Crippen LogP contribution in [0.2, 0.25) is 0 Å². The second-order valence-corrected chi connectivity index (χ2v) is 20.9. The molecule has 0 saturated carbocycles. The van der Waals surface area contributed by atoms with E-state index < -0.39 is 6.10 Å².